The highest BCUT2D eigenvalue weighted by atomic mass is 16.5. The molecular weight excluding hydrogens is 226 g/mol. The average molecular weight is 239 g/mol. The Morgan fingerprint density at radius 3 is 2.76 bits per heavy atom. The Balaban J connectivity index is 2.25. The number of nitrogens with zero attached hydrogens (tertiary/aromatic N) is 3. The van der Waals surface area contributed by atoms with Crippen molar-refractivity contribution in [2.75, 3.05) is 20.6 Å². The standard InChI is InChI=1S/C10H13N3O4/c1-12(2)10(16)13-4-3-7-6(5-13)8(9(14)15)11-17-7/h3-5H2,1-2H3,(H,14,15). The van der Waals surface area contributed by atoms with E-state index < -0.39 is 5.97 Å². The Morgan fingerprint density at radius 1 is 1.47 bits per heavy atom. The van der Waals surface area contributed by atoms with Crippen LogP contribution in [0.15, 0.2) is 4.52 Å². The molecule has 7 heteroatoms. The fourth-order valence-electron chi connectivity index (χ4n) is 1.82. The summed E-state index contributed by atoms with van der Waals surface area (Å²) in [5, 5.41) is 12.4. The van der Waals surface area contributed by atoms with Gasteiger partial charge in [0.05, 0.1) is 6.54 Å². The van der Waals surface area contributed by atoms with E-state index in [9.17, 15) is 9.59 Å². The van der Waals surface area contributed by atoms with Crippen LogP contribution in [0.5, 0.6) is 0 Å². The monoisotopic (exact) mass is 239 g/mol. The fraction of sp³-hybridized carbons (Fsp3) is 0.500. The molecule has 0 atom stereocenters. The van der Waals surface area contributed by atoms with E-state index in [1.54, 1.807) is 19.0 Å². The van der Waals surface area contributed by atoms with E-state index in [4.69, 9.17) is 9.63 Å². The Bertz CT molecular complexity index is 466. The molecule has 1 aromatic rings. The van der Waals surface area contributed by atoms with E-state index >= 15 is 0 Å². The Labute approximate surface area is 97.6 Å². The van der Waals surface area contributed by atoms with Gasteiger partial charge in [0, 0.05) is 32.6 Å². The van der Waals surface area contributed by atoms with E-state index in [0.29, 0.717) is 24.3 Å². The van der Waals surface area contributed by atoms with Crippen LogP contribution in [0.25, 0.3) is 0 Å². The van der Waals surface area contributed by atoms with Crippen molar-refractivity contribution in [3.05, 3.63) is 17.0 Å². The minimum Gasteiger partial charge on any atom is -0.476 e. The van der Waals surface area contributed by atoms with Gasteiger partial charge in [-0.1, -0.05) is 5.16 Å². The molecule has 2 heterocycles. The molecule has 92 valence electrons. The number of aromatic carboxylic acids is 1. The van der Waals surface area contributed by atoms with Crippen LogP contribution in [0.2, 0.25) is 0 Å². The zero-order chi connectivity index (χ0) is 12.6. The summed E-state index contributed by atoms with van der Waals surface area (Å²) in [5.74, 6) is -0.570. The lowest BCUT2D eigenvalue weighted by Crippen LogP contribution is -2.42. The van der Waals surface area contributed by atoms with Gasteiger partial charge in [-0.3, -0.25) is 0 Å². The quantitative estimate of drug-likeness (QED) is 0.767. The van der Waals surface area contributed by atoms with E-state index in [0.717, 1.165) is 0 Å². The molecule has 0 bridgehead atoms. The maximum atomic E-state index is 11.8. The normalized spacial score (nSPS) is 14.4. The first-order valence-electron chi connectivity index (χ1n) is 5.17. The second-order valence-corrected chi connectivity index (χ2v) is 4.09. The second-order valence-electron chi connectivity index (χ2n) is 4.09. The van der Waals surface area contributed by atoms with Crippen LogP contribution in [-0.4, -0.2) is 52.7 Å². The smallest absolute Gasteiger partial charge is 0.358 e. The fourth-order valence-corrected chi connectivity index (χ4v) is 1.82. The summed E-state index contributed by atoms with van der Waals surface area (Å²) in [6.45, 7) is 0.746. The number of amides is 2. The predicted molar refractivity (Wildman–Crippen MR) is 56.7 cm³/mol. The maximum absolute atomic E-state index is 11.8. The van der Waals surface area contributed by atoms with Gasteiger partial charge in [-0.2, -0.15) is 0 Å². The summed E-state index contributed by atoms with van der Waals surface area (Å²) < 4.78 is 4.95. The minimum atomic E-state index is -1.13. The summed E-state index contributed by atoms with van der Waals surface area (Å²) in [6, 6.07) is -0.145. The van der Waals surface area contributed by atoms with Crippen molar-refractivity contribution in [3.63, 3.8) is 0 Å². The van der Waals surface area contributed by atoms with Gasteiger partial charge >= 0.3 is 12.0 Å². The number of aromatic nitrogens is 1. The number of hydrogen-bond acceptors (Lipinski definition) is 4. The number of rotatable bonds is 1. The molecule has 7 nitrogen and oxygen atoms in total. The first-order chi connectivity index (χ1) is 8.00. The van der Waals surface area contributed by atoms with Crippen molar-refractivity contribution in [2.24, 2.45) is 0 Å². The minimum absolute atomic E-state index is 0.101. The van der Waals surface area contributed by atoms with Crippen LogP contribution in [0.4, 0.5) is 4.79 Å². The highest BCUT2D eigenvalue weighted by molar-refractivity contribution is 5.87. The molecule has 1 aromatic heterocycles. The first-order valence-corrected chi connectivity index (χ1v) is 5.17. The molecule has 0 aliphatic carbocycles. The Morgan fingerprint density at radius 2 is 2.18 bits per heavy atom. The first kappa shape index (κ1) is 11.4. The molecule has 17 heavy (non-hydrogen) atoms. The average Bonchev–Trinajstić information content (AvgIpc) is 2.70. The summed E-state index contributed by atoms with van der Waals surface area (Å²) in [6.07, 6.45) is 0.495. The molecule has 0 saturated carbocycles. The third-order valence-electron chi connectivity index (χ3n) is 2.68. The van der Waals surface area contributed by atoms with Gasteiger partial charge in [0.1, 0.15) is 5.76 Å². The number of carbonyl (C=O) groups is 2. The summed E-state index contributed by atoms with van der Waals surface area (Å²) in [4.78, 5) is 25.7. The van der Waals surface area contributed by atoms with E-state index in [-0.39, 0.29) is 18.3 Å². The van der Waals surface area contributed by atoms with Crippen molar-refractivity contribution >= 4 is 12.0 Å². The number of urea groups is 1. The van der Waals surface area contributed by atoms with Crippen LogP contribution in [-0.2, 0) is 13.0 Å². The largest absolute Gasteiger partial charge is 0.476 e. The summed E-state index contributed by atoms with van der Waals surface area (Å²) >= 11 is 0. The van der Waals surface area contributed by atoms with Crippen molar-refractivity contribution in [1.29, 1.82) is 0 Å². The highest BCUT2D eigenvalue weighted by Gasteiger charge is 2.29. The molecule has 1 N–H and O–H groups in total. The Kier molecular flexibility index (Phi) is 2.74. The van der Waals surface area contributed by atoms with E-state index in [1.165, 1.54) is 4.90 Å². The van der Waals surface area contributed by atoms with Gasteiger partial charge < -0.3 is 19.4 Å². The third kappa shape index (κ3) is 1.95. The Hall–Kier alpha value is -2.05. The molecule has 0 unspecified atom stereocenters. The van der Waals surface area contributed by atoms with Crippen molar-refractivity contribution in [1.82, 2.24) is 15.0 Å². The van der Waals surface area contributed by atoms with E-state index in [2.05, 4.69) is 5.16 Å². The van der Waals surface area contributed by atoms with Crippen LogP contribution in [0, 0.1) is 0 Å². The van der Waals surface area contributed by atoms with Crippen LogP contribution in [0.1, 0.15) is 21.8 Å². The number of carboxylic acid groups (broad SMARTS) is 1. The molecule has 1 aliphatic rings. The lowest BCUT2D eigenvalue weighted by Gasteiger charge is -2.28. The number of carbonyl (C=O) groups excluding carboxylic acids is 1. The van der Waals surface area contributed by atoms with Gasteiger partial charge in [-0.05, 0) is 0 Å². The third-order valence-corrected chi connectivity index (χ3v) is 2.68. The van der Waals surface area contributed by atoms with Crippen LogP contribution in [0.3, 0.4) is 0 Å². The molecule has 2 amide bonds. The SMILES string of the molecule is CN(C)C(=O)N1CCc2onc(C(=O)O)c2C1. The maximum Gasteiger partial charge on any atom is 0.358 e. The van der Waals surface area contributed by atoms with Crippen molar-refractivity contribution < 1.29 is 19.2 Å². The van der Waals surface area contributed by atoms with Gasteiger partial charge in [0.15, 0.2) is 5.69 Å². The van der Waals surface area contributed by atoms with Crippen LogP contribution >= 0.6 is 0 Å². The lowest BCUT2D eigenvalue weighted by molar-refractivity contribution is 0.0683. The number of carboxylic acids is 1. The zero-order valence-electron chi connectivity index (χ0n) is 9.63. The number of hydrogen-bond donors (Lipinski definition) is 1. The molecule has 0 saturated heterocycles. The van der Waals surface area contributed by atoms with Crippen LogP contribution < -0.4 is 0 Å². The van der Waals surface area contributed by atoms with Gasteiger partial charge in [0.25, 0.3) is 0 Å². The molecular formula is C10H13N3O4. The topological polar surface area (TPSA) is 86.9 Å². The molecule has 0 spiro atoms. The zero-order valence-corrected chi connectivity index (χ0v) is 9.63. The highest BCUT2D eigenvalue weighted by Crippen LogP contribution is 2.22. The molecule has 0 fully saturated rings. The molecule has 0 aromatic carbocycles. The van der Waals surface area contributed by atoms with Crippen molar-refractivity contribution in [3.8, 4) is 0 Å². The molecule has 0 radical (unpaired) electrons. The molecule has 1 aliphatic heterocycles. The molecule has 2 rings (SSSR count). The van der Waals surface area contributed by atoms with Gasteiger partial charge in [0.2, 0.25) is 0 Å². The van der Waals surface area contributed by atoms with E-state index in [1.807, 2.05) is 0 Å². The predicted octanol–water partition coefficient (Wildman–Crippen LogP) is 0.413. The van der Waals surface area contributed by atoms with Gasteiger partial charge in [-0.15, -0.1) is 0 Å². The summed E-state index contributed by atoms with van der Waals surface area (Å²) in [7, 11) is 3.31. The second kappa shape index (κ2) is 4.08. The van der Waals surface area contributed by atoms with Gasteiger partial charge in [-0.25, -0.2) is 9.59 Å². The lowest BCUT2D eigenvalue weighted by atomic mass is 10.1. The summed E-state index contributed by atoms with van der Waals surface area (Å²) in [5.41, 5.74) is 0.398. The van der Waals surface area contributed by atoms with Crippen molar-refractivity contribution in [2.45, 2.75) is 13.0 Å². The number of fused-ring (bicyclic) bond motifs is 1.